The largest absolute Gasteiger partial charge is 0.455 e. The van der Waals surface area contributed by atoms with Crippen LogP contribution in [0.4, 0.5) is 0 Å². The van der Waals surface area contributed by atoms with Crippen LogP contribution in [-0.4, -0.2) is 47.6 Å². The van der Waals surface area contributed by atoms with E-state index in [4.69, 9.17) is 21.2 Å². The molecule has 1 unspecified atom stereocenters. The Morgan fingerprint density at radius 3 is 2.59 bits per heavy atom. The second kappa shape index (κ2) is 8.71. The Kier molecular flexibility index (Phi) is 6.53. The van der Waals surface area contributed by atoms with Gasteiger partial charge in [-0.2, -0.15) is 0 Å². The van der Waals surface area contributed by atoms with Gasteiger partial charge in [-0.05, 0) is 52.3 Å². The van der Waals surface area contributed by atoms with Crippen molar-refractivity contribution < 1.29 is 27.6 Å². The van der Waals surface area contributed by atoms with E-state index < -0.39 is 32.7 Å². The van der Waals surface area contributed by atoms with Gasteiger partial charge in [0, 0.05) is 10.6 Å². The number of ether oxygens (including phenoxy) is 1. The molecule has 0 aliphatic carbocycles. The number of carbonyl (C=O) groups excluding carboxylic acids is 2. The first-order valence-corrected chi connectivity index (χ1v) is 12.0. The number of rotatable bonds is 5. The van der Waals surface area contributed by atoms with Crippen molar-refractivity contribution in [2.75, 3.05) is 5.75 Å². The van der Waals surface area contributed by atoms with Gasteiger partial charge >= 0.3 is 5.97 Å². The molecular weight excluding hydrogens is 456 g/mol. The molecule has 1 amide bonds. The third kappa shape index (κ3) is 4.88. The normalized spacial score (nSPS) is 21.9. The van der Waals surface area contributed by atoms with Gasteiger partial charge in [-0.1, -0.05) is 35.0 Å². The number of oxime groups is 1. The van der Waals surface area contributed by atoms with Crippen LogP contribution in [0, 0.1) is 0 Å². The van der Waals surface area contributed by atoms with Gasteiger partial charge in [-0.15, -0.1) is 0 Å². The number of hydrogen-bond donors (Lipinski definition) is 0. The number of β-lactam (4-membered cyclic amide) rings is 1. The summed E-state index contributed by atoms with van der Waals surface area (Å²) in [6.07, 6.45) is 1.36. The molecule has 32 heavy (non-hydrogen) atoms. The second-order valence-electron chi connectivity index (χ2n) is 8.66. The summed E-state index contributed by atoms with van der Waals surface area (Å²) >= 11 is 6.07. The van der Waals surface area contributed by atoms with Crippen molar-refractivity contribution in [3.63, 3.8) is 0 Å². The quantitative estimate of drug-likeness (QED) is 0.210. The fourth-order valence-corrected chi connectivity index (χ4v) is 5.62. The van der Waals surface area contributed by atoms with E-state index in [9.17, 15) is 18.0 Å². The topological polar surface area (TPSA) is 102 Å². The lowest BCUT2D eigenvalue weighted by Crippen LogP contribution is -2.62. The molecule has 0 spiro atoms. The summed E-state index contributed by atoms with van der Waals surface area (Å²) in [5.41, 5.74) is 0.538. The lowest BCUT2D eigenvalue weighted by molar-refractivity contribution is -0.155. The average Bonchev–Trinajstić information content (AvgIpc) is 2.65. The molecule has 2 heterocycles. The van der Waals surface area contributed by atoms with E-state index in [-0.39, 0.29) is 29.2 Å². The number of amides is 1. The minimum absolute atomic E-state index is 0.0218. The van der Waals surface area contributed by atoms with E-state index >= 15 is 0 Å². The summed E-state index contributed by atoms with van der Waals surface area (Å²) in [6.45, 7) is 8.31. The number of carbonyl (C=O) groups is 2. The zero-order valence-electron chi connectivity index (χ0n) is 18.5. The molecule has 0 N–H and O–H groups in total. The maximum Gasteiger partial charge on any atom is 0.355 e. The van der Waals surface area contributed by atoms with Gasteiger partial charge in [0.1, 0.15) is 17.9 Å². The monoisotopic (exact) mass is 480 g/mol. The predicted octanol–water partition coefficient (Wildman–Crippen LogP) is 3.37. The highest BCUT2D eigenvalue weighted by Crippen LogP contribution is 2.40. The van der Waals surface area contributed by atoms with Gasteiger partial charge in [0.25, 0.3) is 5.91 Å². The minimum atomic E-state index is -3.72. The smallest absolute Gasteiger partial charge is 0.355 e. The Labute approximate surface area is 192 Å². The molecule has 1 aromatic rings. The maximum atomic E-state index is 12.8. The number of halogens is 1. The highest BCUT2D eigenvalue weighted by molar-refractivity contribution is 7.92. The molecular formula is C22H25ClN2O6S. The van der Waals surface area contributed by atoms with Crippen LogP contribution >= 0.6 is 11.6 Å². The Morgan fingerprint density at radius 2 is 1.97 bits per heavy atom. The summed E-state index contributed by atoms with van der Waals surface area (Å²) in [7, 11) is -3.72. The molecule has 3 rings (SSSR count). The molecule has 2 aliphatic rings. The molecule has 0 aromatic heterocycles. The lowest BCUT2D eigenvalue weighted by Gasteiger charge is -2.45. The predicted molar refractivity (Wildman–Crippen MR) is 120 cm³/mol. The van der Waals surface area contributed by atoms with Crippen molar-refractivity contribution >= 4 is 39.0 Å². The van der Waals surface area contributed by atoms with Crippen LogP contribution in [0.25, 0.3) is 0 Å². The summed E-state index contributed by atoms with van der Waals surface area (Å²) in [5, 5.41) is 3.21. The third-order valence-corrected chi connectivity index (χ3v) is 7.06. The first-order chi connectivity index (χ1) is 14.8. The summed E-state index contributed by atoms with van der Waals surface area (Å²) in [6, 6.07) is 7.13. The van der Waals surface area contributed by atoms with Crippen LogP contribution in [0.5, 0.6) is 0 Å². The van der Waals surface area contributed by atoms with Crippen molar-refractivity contribution in [1.82, 2.24) is 4.90 Å². The van der Waals surface area contributed by atoms with E-state index in [1.165, 1.54) is 13.0 Å². The number of esters is 1. The van der Waals surface area contributed by atoms with Crippen molar-refractivity contribution in [3.8, 4) is 0 Å². The van der Waals surface area contributed by atoms with Gasteiger partial charge in [0.15, 0.2) is 15.2 Å². The summed E-state index contributed by atoms with van der Waals surface area (Å²) in [5.74, 6) is -1.65. The first kappa shape index (κ1) is 24.0. The molecule has 0 saturated carbocycles. The number of nitrogens with zero attached hydrogens (tertiary/aromatic N) is 2. The number of allylic oxidation sites excluding steroid dienone is 1. The molecule has 8 nitrogen and oxygen atoms in total. The molecule has 2 aliphatic heterocycles. The summed E-state index contributed by atoms with van der Waals surface area (Å²) in [4.78, 5) is 31.8. The van der Waals surface area contributed by atoms with Crippen LogP contribution in [0.3, 0.4) is 0 Å². The van der Waals surface area contributed by atoms with Gasteiger partial charge in [0.05, 0.1) is 17.0 Å². The highest BCUT2D eigenvalue weighted by Gasteiger charge is 2.56. The Balaban J connectivity index is 1.82. The van der Waals surface area contributed by atoms with E-state index in [0.29, 0.717) is 10.7 Å². The van der Waals surface area contributed by atoms with Gasteiger partial charge in [-0.3, -0.25) is 9.69 Å². The van der Waals surface area contributed by atoms with E-state index in [1.807, 2.05) is 6.07 Å². The molecule has 1 saturated heterocycles. The molecule has 1 fully saturated rings. The van der Waals surface area contributed by atoms with Crippen LogP contribution in [0.15, 0.2) is 52.3 Å². The summed E-state index contributed by atoms with van der Waals surface area (Å²) < 4.78 is 30.9. The van der Waals surface area contributed by atoms with Crippen LogP contribution in [-0.2, 0) is 35.6 Å². The number of benzene rings is 1. The molecule has 1 aromatic carbocycles. The zero-order valence-corrected chi connectivity index (χ0v) is 20.1. The van der Waals surface area contributed by atoms with Gasteiger partial charge < -0.3 is 9.57 Å². The van der Waals surface area contributed by atoms with Crippen LogP contribution in [0.1, 0.15) is 40.2 Å². The highest BCUT2D eigenvalue weighted by atomic mass is 35.5. The second-order valence-corrected chi connectivity index (χ2v) is 11.1. The Bertz CT molecular complexity index is 1160. The Morgan fingerprint density at radius 1 is 1.31 bits per heavy atom. The maximum absolute atomic E-state index is 12.8. The lowest BCUT2D eigenvalue weighted by atomic mass is 10.0. The molecule has 1 atom stereocenters. The molecule has 0 radical (unpaired) electrons. The fraction of sp³-hybridized carbons (Fsp3) is 0.409. The first-order valence-electron chi connectivity index (χ1n) is 9.91. The van der Waals surface area contributed by atoms with E-state index in [2.05, 4.69) is 5.16 Å². The molecule has 10 heteroatoms. The number of hydrogen-bond acceptors (Lipinski definition) is 7. The molecule has 172 valence electrons. The standard InChI is InChI=1S/C22H25ClN2O6S/c1-13-12-32(28,29)20-16(19(26)25(20)18(13)21(27)31-22(3,4)5)10-14(2)24-30-11-15-8-6-7-9-17(15)23/h6-10,20H,11-12H2,1-5H3/b16-10-,24-14+. The number of sulfone groups is 1. The van der Waals surface area contributed by atoms with Crippen molar-refractivity contribution in [1.29, 1.82) is 0 Å². The van der Waals surface area contributed by atoms with E-state index in [1.54, 1.807) is 45.9 Å². The minimum Gasteiger partial charge on any atom is -0.455 e. The Hall–Kier alpha value is -2.65. The van der Waals surface area contributed by atoms with Gasteiger partial charge in [-0.25, -0.2) is 13.2 Å². The SMILES string of the molecule is CC1=C(C(=O)OC(C)(C)C)N2C(=O)/C(=C/C(C)=N/OCc3ccccc3Cl)C2S(=O)(=O)C1. The van der Waals surface area contributed by atoms with Crippen LogP contribution < -0.4 is 0 Å². The van der Waals surface area contributed by atoms with Crippen molar-refractivity contribution in [3.05, 3.63) is 57.8 Å². The molecule has 0 bridgehead atoms. The van der Waals surface area contributed by atoms with Crippen molar-refractivity contribution in [2.45, 2.75) is 52.2 Å². The fourth-order valence-electron chi connectivity index (χ4n) is 3.45. The third-order valence-electron chi connectivity index (χ3n) is 4.71. The van der Waals surface area contributed by atoms with Crippen molar-refractivity contribution in [2.24, 2.45) is 5.16 Å². The zero-order chi connectivity index (χ0) is 23.8. The number of fused-ring (bicyclic) bond motifs is 1. The van der Waals surface area contributed by atoms with E-state index in [0.717, 1.165) is 10.5 Å². The van der Waals surface area contributed by atoms with Gasteiger partial charge in [0.2, 0.25) is 0 Å². The van der Waals surface area contributed by atoms with Crippen LogP contribution in [0.2, 0.25) is 5.02 Å². The average molecular weight is 481 g/mol.